The second-order valence-electron chi connectivity index (χ2n) is 7.13. The molecule has 1 aliphatic rings. The van der Waals surface area contributed by atoms with Gasteiger partial charge in [-0.1, -0.05) is 56.0 Å². The Labute approximate surface area is 131 Å². The van der Waals surface area contributed by atoms with E-state index in [1.54, 1.807) is 0 Å². The smallest absolute Gasteiger partial charge is 0.0164 e. The van der Waals surface area contributed by atoms with Gasteiger partial charge in [-0.25, -0.2) is 0 Å². The summed E-state index contributed by atoms with van der Waals surface area (Å²) in [5, 5.41) is 3.89. The predicted molar refractivity (Wildman–Crippen MR) is 92.9 cm³/mol. The molecule has 21 heavy (non-hydrogen) atoms. The van der Waals surface area contributed by atoms with Crippen LogP contribution < -0.4 is 5.32 Å². The lowest BCUT2D eigenvalue weighted by Crippen LogP contribution is -2.45. The molecule has 0 heterocycles. The Morgan fingerprint density at radius 3 is 2.19 bits per heavy atom. The molecule has 0 aliphatic heterocycles. The van der Waals surface area contributed by atoms with Gasteiger partial charge >= 0.3 is 0 Å². The van der Waals surface area contributed by atoms with E-state index in [-0.39, 0.29) is 0 Å². The topological polar surface area (TPSA) is 12.0 Å². The predicted octanol–water partition coefficient (Wildman–Crippen LogP) is 5.18. The fourth-order valence-corrected chi connectivity index (χ4v) is 4.27. The van der Waals surface area contributed by atoms with E-state index in [4.69, 9.17) is 0 Å². The number of hydrogen-bond acceptors (Lipinski definition) is 1. The van der Waals surface area contributed by atoms with E-state index in [2.05, 4.69) is 51.2 Å². The molecule has 1 heteroatoms. The van der Waals surface area contributed by atoms with Crippen molar-refractivity contribution in [2.24, 2.45) is 5.41 Å². The van der Waals surface area contributed by atoms with E-state index in [1.165, 1.54) is 61.6 Å². The van der Waals surface area contributed by atoms with E-state index in [0.29, 0.717) is 11.5 Å². The monoisotopic (exact) mass is 287 g/mol. The zero-order valence-electron chi connectivity index (χ0n) is 14.5. The van der Waals surface area contributed by atoms with Crippen LogP contribution >= 0.6 is 0 Å². The van der Waals surface area contributed by atoms with E-state index in [0.717, 1.165) is 6.54 Å². The average Bonchev–Trinajstić information content (AvgIpc) is 2.92. The minimum atomic E-state index is 0.535. The molecule has 0 saturated heterocycles. The van der Waals surface area contributed by atoms with Crippen LogP contribution in [0.15, 0.2) is 18.2 Å². The lowest BCUT2D eigenvalue weighted by Gasteiger charge is -2.38. The van der Waals surface area contributed by atoms with Gasteiger partial charge in [0.25, 0.3) is 0 Å². The maximum Gasteiger partial charge on any atom is 0.0164 e. The largest absolute Gasteiger partial charge is 0.313 e. The number of rotatable bonds is 7. The van der Waals surface area contributed by atoms with E-state index in [1.807, 2.05) is 0 Å². The highest BCUT2D eigenvalue weighted by molar-refractivity contribution is 5.29. The van der Waals surface area contributed by atoms with Gasteiger partial charge < -0.3 is 5.32 Å². The summed E-state index contributed by atoms with van der Waals surface area (Å²) < 4.78 is 0. The minimum Gasteiger partial charge on any atom is -0.313 e. The zero-order valence-corrected chi connectivity index (χ0v) is 14.5. The molecular weight excluding hydrogens is 254 g/mol. The molecule has 0 spiro atoms. The normalized spacial score (nSPS) is 18.9. The molecule has 0 radical (unpaired) electrons. The van der Waals surface area contributed by atoms with Crippen molar-refractivity contribution in [2.45, 2.75) is 78.7 Å². The van der Waals surface area contributed by atoms with Crippen molar-refractivity contribution in [1.29, 1.82) is 0 Å². The first-order valence-corrected chi connectivity index (χ1v) is 8.90. The summed E-state index contributed by atoms with van der Waals surface area (Å²) in [5.74, 6) is 0. The highest BCUT2D eigenvalue weighted by Crippen LogP contribution is 2.44. The number of hydrogen-bond donors (Lipinski definition) is 1. The summed E-state index contributed by atoms with van der Waals surface area (Å²) in [6, 6.07) is 7.69. The number of nitrogens with one attached hydrogen (secondary N) is 1. The Kier molecular flexibility index (Phi) is 5.87. The maximum atomic E-state index is 3.89. The molecule has 1 aromatic carbocycles. The third kappa shape index (κ3) is 4.10. The van der Waals surface area contributed by atoms with Crippen LogP contribution in [0.3, 0.4) is 0 Å². The fourth-order valence-electron chi connectivity index (χ4n) is 4.27. The average molecular weight is 287 g/mol. The third-order valence-corrected chi connectivity index (χ3v) is 5.40. The van der Waals surface area contributed by atoms with Gasteiger partial charge in [-0.15, -0.1) is 0 Å². The van der Waals surface area contributed by atoms with Crippen LogP contribution in [0.25, 0.3) is 0 Å². The van der Waals surface area contributed by atoms with Gasteiger partial charge in [0.15, 0.2) is 0 Å². The van der Waals surface area contributed by atoms with Crippen LogP contribution in [0, 0.1) is 19.3 Å². The highest BCUT2D eigenvalue weighted by Gasteiger charge is 2.39. The molecule has 1 aliphatic carbocycles. The molecule has 2 rings (SSSR count). The molecule has 1 aromatic rings. The van der Waals surface area contributed by atoms with Crippen molar-refractivity contribution in [2.75, 3.05) is 6.54 Å². The molecule has 1 fully saturated rings. The van der Waals surface area contributed by atoms with E-state index < -0.39 is 0 Å². The van der Waals surface area contributed by atoms with Crippen LogP contribution in [0.5, 0.6) is 0 Å². The van der Waals surface area contributed by atoms with Gasteiger partial charge in [0, 0.05) is 6.04 Å². The molecule has 1 N–H and O–H groups in total. The second-order valence-corrected chi connectivity index (χ2v) is 7.13. The van der Waals surface area contributed by atoms with Crippen molar-refractivity contribution >= 4 is 0 Å². The van der Waals surface area contributed by atoms with Gasteiger partial charge in [-0.3, -0.25) is 0 Å². The summed E-state index contributed by atoms with van der Waals surface area (Å²) in [4.78, 5) is 0. The number of aryl methyl sites for hydroxylation is 2. The van der Waals surface area contributed by atoms with Crippen LogP contribution in [0.4, 0.5) is 0 Å². The SMILES string of the molecule is CCCNC(Cc1cc(C)cc(C)c1)C1(CC)CCCC1. The molecule has 1 atom stereocenters. The van der Waals surface area contributed by atoms with Crippen molar-refractivity contribution in [3.63, 3.8) is 0 Å². The lowest BCUT2D eigenvalue weighted by molar-refractivity contribution is 0.184. The second kappa shape index (κ2) is 7.45. The molecular formula is C20H33N. The quantitative estimate of drug-likeness (QED) is 0.728. The Hall–Kier alpha value is -0.820. The minimum absolute atomic E-state index is 0.535. The fraction of sp³-hybridized carbons (Fsp3) is 0.700. The first-order valence-electron chi connectivity index (χ1n) is 8.90. The Morgan fingerprint density at radius 1 is 1.05 bits per heavy atom. The first kappa shape index (κ1) is 16.5. The van der Waals surface area contributed by atoms with Crippen molar-refractivity contribution in [3.8, 4) is 0 Å². The lowest BCUT2D eigenvalue weighted by atomic mass is 9.73. The summed E-state index contributed by atoms with van der Waals surface area (Å²) in [7, 11) is 0. The Bertz CT molecular complexity index is 423. The van der Waals surface area contributed by atoms with Crippen LogP contribution in [0.2, 0.25) is 0 Å². The van der Waals surface area contributed by atoms with E-state index in [9.17, 15) is 0 Å². The molecule has 1 saturated carbocycles. The summed E-state index contributed by atoms with van der Waals surface area (Å²) in [6.45, 7) is 10.3. The standard InChI is InChI=1S/C20H33N/c1-5-11-21-19(20(6-2)9-7-8-10-20)15-18-13-16(3)12-17(4)14-18/h12-14,19,21H,5-11,15H2,1-4H3. The van der Waals surface area contributed by atoms with Gasteiger partial charge in [0.1, 0.15) is 0 Å². The number of benzene rings is 1. The summed E-state index contributed by atoms with van der Waals surface area (Å²) >= 11 is 0. The van der Waals surface area contributed by atoms with Crippen molar-refractivity contribution in [1.82, 2.24) is 5.32 Å². The van der Waals surface area contributed by atoms with Crippen LogP contribution in [-0.2, 0) is 6.42 Å². The van der Waals surface area contributed by atoms with Crippen LogP contribution in [0.1, 0.15) is 69.1 Å². The van der Waals surface area contributed by atoms with Gasteiger partial charge in [0.05, 0.1) is 0 Å². The molecule has 1 unspecified atom stereocenters. The molecule has 1 nitrogen and oxygen atoms in total. The van der Waals surface area contributed by atoms with Crippen molar-refractivity contribution < 1.29 is 0 Å². The molecule has 0 bridgehead atoms. The maximum absolute atomic E-state index is 3.89. The summed E-state index contributed by atoms with van der Waals surface area (Å²) in [5.41, 5.74) is 4.85. The Balaban J connectivity index is 2.19. The van der Waals surface area contributed by atoms with Gasteiger partial charge in [-0.05, 0) is 63.5 Å². The molecule has 118 valence electrons. The molecule has 0 amide bonds. The van der Waals surface area contributed by atoms with Crippen LogP contribution in [-0.4, -0.2) is 12.6 Å². The Morgan fingerprint density at radius 2 is 1.67 bits per heavy atom. The molecule has 0 aromatic heterocycles. The third-order valence-electron chi connectivity index (χ3n) is 5.40. The first-order chi connectivity index (χ1) is 10.1. The van der Waals surface area contributed by atoms with Gasteiger partial charge in [0.2, 0.25) is 0 Å². The van der Waals surface area contributed by atoms with Crippen molar-refractivity contribution in [3.05, 3.63) is 34.9 Å². The van der Waals surface area contributed by atoms with Gasteiger partial charge in [-0.2, -0.15) is 0 Å². The zero-order chi connectivity index (χ0) is 15.3. The highest BCUT2D eigenvalue weighted by atomic mass is 14.9. The van der Waals surface area contributed by atoms with E-state index >= 15 is 0 Å². The summed E-state index contributed by atoms with van der Waals surface area (Å²) in [6.07, 6.45) is 9.40.